The average Bonchev–Trinajstić information content (AvgIpc) is 3.58. The monoisotopic (exact) mass is 811 g/mol. The zero-order valence-electron chi connectivity index (χ0n) is 41.4. The average molecular weight is 811 g/mol. The number of allylic oxidation sites excluding steroid dienone is 15. The van der Waals surface area contributed by atoms with E-state index in [2.05, 4.69) is 227 Å². The molecule has 1 atom stereocenters. The Kier molecular flexibility index (Phi) is 17.6. The zero-order valence-corrected chi connectivity index (χ0v) is 41.4. The third-order valence-corrected chi connectivity index (χ3v) is 12.7. The van der Waals surface area contributed by atoms with Gasteiger partial charge in [0.1, 0.15) is 5.58 Å². The van der Waals surface area contributed by atoms with E-state index in [0.717, 1.165) is 52.9 Å². The summed E-state index contributed by atoms with van der Waals surface area (Å²) in [6.45, 7) is 45.6. The van der Waals surface area contributed by atoms with E-state index >= 15 is 0 Å². The highest BCUT2D eigenvalue weighted by atomic mass is 16.3. The SMILES string of the molecule is C=C(C)/C(=C\C(=C\CC)C(C)CC)NC/C(B(C(/C=C\C)=C/C)c1cc2cc3c(cc2o1)C(C)(C)CCC3(C)C)=C(\C=C(/C)C(C)(C)C)N/C=C/C=C(\C=C\C)C(C)(C)C. The highest BCUT2D eigenvalue weighted by Gasteiger charge is 2.38. The lowest BCUT2D eigenvalue weighted by molar-refractivity contribution is 0.332. The van der Waals surface area contributed by atoms with Gasteiger partial charge in [0.15, 0.2) is 0 Å². The van der Waals surface area contributed by atoms with Crippen LogP contribution in [0.2, 0.25) is 0 Å². The molecule has 0 spiro atoms. The summed E-state index contributed by atoms with van der Waals surface area (Å²) >= 11 is 0. The summed E-state index contributed by atoms with van der Waals surface area (Å²) in [5.41, 5.74) is 14.3. The van der Waals surface area contributed by atoms with Crippen LogP contribution in [-0.4, -0.2) is 13.3 Å². The Morgan fingerprint density at radius 1 is 0.883 bits per heavy atom. The van der Waals surface area contributed by atoms with E-state index in [1.54, 1.807) is 0 Å². The standard InChI is InChI=1S/C56H83BN2O/c1-20-26-42(40(8)23-4)35-49(39(6)7)59-38-48(50(33-41(9)53(10,11)12)58-32-25-29-44(27-21-2)54(13,14)15)57(45(24-5)28-22-3)52-36-43-34-46-47(37-51(43)60-52)56(18,19)31-30-55(46,16)17/h21-22,24-29,32-37,40,58-59H,6,20,23,30-31,38H2,1-5,7-19H3/b27-21+,28-22-,32-25+,41-33+,42-26-,44-29+,45-24+,49-35+,50-48-. The van der Waals surface area contributed by atoms with Crippen LogP contribution < -0.4 is 16.3 Å². The molecule has 0 saturated heterocycles. The van der Waals surface area contributed by atoms with E-state index in [4.69, 9.17) is 4.42 Å². The van der Waals surface area contributed by atoms with Crippen LogP contribution in [0, 0.1) is 16.7 Å². The maximum Gasteiger partial charge on any atom is 0.287 e. The second-order valence-corrected chi connectivity index (χ2v) is 20.6. The lowest BCUT2D eigenvalue weighted by Gasteiger charge is -2.41. The quantitative estimate of drug-likeness (QED) is 0.123. The van der Waals surface area contributed by atoms with E-state index in [1.807, 2.05) is 0 Å². The number of hydrogen-bond acceptors (Lipinski definition) is 3. The van der Waals surface area contributed by atoms with Crippen LogP contribution in [0.1, 0.15) is 161 Å². The maximum atomic E-state index is 7.15. The van der Waals surface area contributed by atoms with Crippen molar-refractivity contribution in [3.63, 3.8) is 0 Å². The summed E-state index contributed by atoms with van der Waals surface area (Å²) in [6.07, 6.45) is 28.9. The van der Waals surface area contributed by atoms with Crippen molar-refractivity contribution >= 4 is 23.3 Å². The second-order valence-electron chi connectivity index (χ2n) is 20.6. The Bertz CT molecular complexity index is 2050. The Morgan fingerprint density at radius 3 is 2.02 bits per heavy atom. The third-order valence-electron chi connectivity index (χ3n) is 12.7. The van der Waals surface area contributed by atoms with Crippen molar-refractivity contribution in [3.8, 4) is 0 Å². The lowest BCUT2D eigenvalue weighted by atomic mass is 9.37. The Hall–Kier alpha value is -4.18. The van der Waals surface area contributed by atoms with Crippen LogP contribution in [0.15, 0.2) is 141 Å². The summed E-state index contributed by atoms with van der Waals surface area (Å²) in [7, 11) is 0. The van der Waals surface area contributed by atoms with Crippen LogP contribution in [0.25, 0.3) is 11.0 Å². The fourth-order valence-corrected chi connectivity index (χ4v) is 7.95. The summed E-state index contributed by atoms with van der Waals surface area (Å²) in [6, 6.07) is 7.09. The van der Waals surface area contributed by atoms with Crippen molar-refractivity contribution < 1.29 is 4.42 Å². The van der Waals surface area contributed by atoms with E-state index in [-0.39, 0.29) is 28.4 Å². The Balaban J connectivity index is 2.52. The molecule has 2 aromatic rings. The van der Waals surface area contributed by atoms with Gasteiger partial charge in [-0.1, -0.05) is 150 Å². The summed E-state index contributed by atoms with van der Waals surface area (Å²) in [4.78, 5) is 0. The molecular formula is C56H83BN2O. The van der Waals surface area contributed by atoms with Crippen molar-refractivity contribution in [3.05, 3.63) is 147 Å². The molecule has 326 valence electrons. The molecule has 0 amide bonds. The molecule has 0 bridgehead atoms. The predicted molar refractivity (Wildman–Crippen MR) is 269 cm³/mol. The van der Waals surface area contributed by atoms with Gasteiger partial charge >= 0.3 is 0 Å². The predicted octanol–water partition coefficient (Wildman–Crippen LogP) is 15.4. The van der Waals surface area contributed by atoms with Gasteiger partial charge in [0, 0.05) is 29.5 Å². The Labute approximate surface area is 368 Å². The van der Waals surface area contributed by atoms with Gasteiger partial charge in [-0.25, -0.2) is 0 Å². The van der Waals surface area contributed by atoms with Gasteiger partial charge in [-0.05, 0) is 158 Å². The molecular weight excluding hydrogens is 727 g/mol. The van der Waals surface area contributed by atoms with Crippen LogP contribution in [0.4, 0.5) is 0 Å². The van der Waals surface area contributed by atoms with Crippen molar-refractivity contribution in [2.24, 2.45) is 16.7 Å². The fourth-order valence-electron chi connectivity index (χ4n) is 7.95. The molecule has 1 aromatic carbocycles. The van der Waals surface area contributed by atoms with Crippen molar-refractivity contribution in [1.82, 2.24) is 10.6 Å². The highest BCUT2D eigenvalue weighted by Crippen LogP contribution is 2.47. The Morgan fingerprint density at radius 2 is 1.50 bits per heavy atom. The minimum atomic E-state index is -0.195. The summed E-state index contributed by atoms with van der Waals surface area (Å²) < 4.78 is 7.15. The number of rotatable bonds is 17. The van der Waals surface area contributed by atoms with Gasteiger partial charge < -0.3 is 15.1 Å². The first kappa shape index (κ1) is 50.2. The molecule has 4 heteroatoms. The molecule has 1 unspecified atom stereocenters. The molecule has 60 heavy (non-hydrogen) atoms. The first-order valence-electron chi connectivity index (χ1n) is 22.8. The molecule has 1 heterocycles. The third kappa shape index (κ3) is 12.9. The molecule has 3 rings (SSSR count). The molecule has 1 aliphatic carbocycles. The summed E-state index contributed by atoms with van der Waals surface area (Å²) in [5.74, 6) is 0.442. The first-order valence-corrected chi connectivity index (χ1v) is 22.8. The molecule has 0 saturated carbocycles. The van der Waals surface area contributed by atoms with Crippen LogP contribution >= 0.6 is 0 Å². The zero-order chi connectivity index (χ0) is 45.2. The van der Waals surface area contributed by atoms with E-state index in [9.17, 15) is 0 Å². The van der Waals surface area contributed by atoms with Gasteiger partial charge in [0.05, 0.1) is 5.66 Å². The molecule has 0 aliphatic heterocycles. The molecule has 2 N–H and O–H groups in total. The van der Waals surface area contributed by atoms with Crippen LogP contribution in [0.3, 0.4) is 0 Å². The minimum Gasteiger partial charge on any atom is -0.470 e. The molecule has 1 aliphatic rings. The molecule has 3 nitrogen and oxygen atoms in total. The van der Waals surface area contributed by atoms with Gasteiger partial charge in [-0.3, -0.25) is 0 Å². The van der Waals surface area contributed by atoms with E-state index in [0.29, 0.717) is 12.5 Å². The molecule has 1 aromatic heterocycles. The van der Waals surface area contributed by atoms with Crippen LogP contribution in [0.5, 0.6) is 0 Å². The maximum absolute atomic E-state index is 7.15. The fraction of sp³-hybridized carbons (Fsp3) is 0.500. The number of fused-ring (bicyclic) bond motifs is 2. The van der Waals surface area contributed by atoms with E-state index in [1.165, 1.54) is 45.2 Å². The van der Waals surface area contributed by atoms with Gasteiger partial charge in [-0.2, -0.15) is 0 Å². The molecule has 0 radical (unpaired) electrons. The highest BCUT2D eigenvalue weighted by molar-refractivity contribution is 6.86. The smallest absolute Gasteiger partial charge is 0.287 e. The first-order chi connectivity index (χ1) is 27.9. The number of hydrogen-bond donors (Lipinski definition) is 2. The van der Waals surface area contributed by atoms with Gasteiger partial charge in [0.2, 0.25) is 0 Å². The largest absolute Gasteiger partial charge is 0.470 e. The number of furan rings is 1. The molecule has 0 fully saturated rings. The normalized spacial score (nSPS) is 18.1. The number of benzene rings is 1. The van der Waals surface area contributed by atoms with Gasteiger partial charge in [-0.15, -0.1) is 0 Å². The van der Waals surface area contributed by atoms with Crippen molar-refractivity contribution in [1.29, 1.82) is 0 Å². The van der Waals surface area contributed by atoms with Crippen molar-refractivity contribution in [2.45, 2.75) is 161 Å². The van der Waals surface area contributed by atoms with Crippen molar-refractivity contribution in [2.75, 3.05) is 6.54 Å². The van der Waals surface area contributed by atoms with Crippen LogP contribution in [-0.2, 0) is 10.8 Å². The lowest BCUT2D eigenvalue weighted by Crippen LogP contribution is -2.40. The minimum absolute atomic E-state index is 0.0162. The van der Waals surface area contributed by atoms with Gasteiger partial charge in [0.25, 0.3) is 6.71 Å². The van der Waals surface area contributed by atoms with E-state index < -0.39 is 0 Å². The summed E-state index contributed by atoms with van der Waals surface area (Å²) in [5, 5.41) is 8.96. The number of nitrogens with one attached hydrogen (secondary N) is 2. The second kappa shape index (κ2) is 21.1. The topological polar surface area (TPSA) is 37.2 Å².